The van der Waals surface area contributed by atoms with Crippen molar-refractivity contribution in [2.75, 3.05) is 12.8 Å². The van der Waals surface area contributed by atoms with Gasteiger partial charge in [0.05, 0.1) is 16.3 Å². The highest BCUT2D eigenvalue weighted by molar-refractivity contribution is 7.88. The second kappa shape index (κ2) is 6.41. The van der Waals surface area contributed by atoms with E-state index in [1.807, 2.05) is 12.1 Å². The standard InChI is InChI=1S/C12H18Cl2N2O2S/c1-12(2,16-19(3,17)18)8-15-7-9-5-4-6-10(13)11(9)14/h4-6,15-16H,7-8H2,1-3H3. The maximum Gasteiger partial charge on any atom is 0.209 e. The molecule has 0 aliphatic rings. The van der Waals surface area contributed by atoms with Gasteiger partial charge in [0.15, 0.2) is 0 Å². The number of benzene rings is 1. The van der Waals surface area contributed by atoms with Crippen LogP contribution in [0, 0.1) is 0 Å². The molecule has 0 amide bonds. The Morgan fingerprint density at radius 1 is 1.26 bits per heavy atom. The maximum atomic E-state index is 11.2. The van der Waals surface area contributed by atoms with E-state index in [2.05, 4.69) is 10.0 Å². The lowest BCUT2D eigenvalue weighted by Gasteiger charge is -2.25. The third kappa shape index (κ3) is 6.10. The lowest BCUT2D eigenvalue weighted by molar-refractivity contribution is 0.421. The van der Waals surface area contributed by atoms with Crippen molar-refractivity contribution in [3.8, 4) is 0 Å². The second-order valence-corrected chi connectivity index (χ2v) is 7.61. The number of nitrogens with one attached hydrogen (secondary N) is 2. The van der Waals surface area contributed by atoms with Gasteiger partial charge in [-0.15, -0.1) is 0 Å². The van der Waals surface area contributed by atoms with Crippen LogP contribution in [0.25, 0.3) is 0 Å². The molecular weight excluding hydrogens is 307 g/mol. The Morgan fingerprint density at radius 2 is 1.89 bits per heavy atom. The van der Waals surface area contributed by atoms with Crippen LogP contribution in [0.2, 0.25) is 10.0 Å². The highest BCUT2D eigenvalue weighted by atomic mass is 35.5. The van der Waals surface area contributed by atoms with Crippen LogP contribution in [-0.4, -0.2) is 26.8 Å². The minimum atomic E-state index is -3.23. The zero-order chi connectivity index (χ0) is 14.7. The monoisotopic (exact) mass is 324 g/mol. The van der Waals surface area contributed by atoms with Crippen LogP contribution in [0.4, 0.5) is 0 Å². The molecule has 19 heavy (non-hydrogen) atoms. The largest absolute Gasteiger partial charge is 0.311 e. The van der Waals surface area contributed by atoms with Gasteiger partial charge in [0.1, 0.15) is 0 Å². The molecule has 1 aromatic carbocycles. The first kappa shape index (κ1) is 16.7. The fraction of sp³-hybridized carbons (Fsp3) is 0.500. The Labute approximate surface area is 124 Å². The molecule has 0 spiro atoms. The first-order valence-electron chi connectivity index (χ1n) is 5.73. The summed E-state index contributed by atoms with van der Waals surface area (Å²) in [5.41, 5.74) is 0.308. The van der Waals surface area contributed by atoms with Gasteiger partial charge in [-0.05, 0) is 25.5 Å². The summed E-state index contributed by atoms with van der Waals surface area (Å²) in [5.74, 6) is 0. The number of hydrogen-bond donors (Lipinski definition) is 2. The van der Waals surface area contributed by atoms with Gasteiger partial charge >= 0.3 is 0 Å². The van der Waals surface area contributed by atoms with Gasteiger partial charge in [0, 0.05) is 18.6 Å². The Morgan fingerprint density at radius 3 is 2.47 bits per heavy atom. The number of rotatable bonds is 6. The fourth-order valence-corrected chi connectivity index (χ4v) is 3.20. The molecule has 0 fully saturated rings. The molecule has 0 heterocycles. The van der Waals surface area contributed by atoms with Gasteiger partial charge in [-0.1, -0.05) is 35.3 Å². The van der Waals surface area contributed by atoms with E-state index in [1.165, 1.54) is 0 Å². The highest BCUT2D eigenvalue weighted by Crippen LogP contribution is 2.25. The Balaban J connectivity index is 2.57. The third-order valence-electron chi connectivity index (χ3n) is 2.38. The molecule has 0 radical (unpaired) electrons. The minimum absolute atomic E-state index is 0.475. The van der Waals surface area contributed by atoms with E-state index in [4.69, 9.17) is 23.2 Å². The molecule has 108 valence electrons. The molecule has 0 atom stereocenters. The fourth-order valence-electron chi connectivity index (χ4n) is 1.73. The normalized spacial score (nSPS) is 12.7. The van der Waals surface area contributed by atoms with Gasteiger partial charge in [0.25, 0.3) is 0 Å². The SMILES string of the molecule is CC(C)(CNCc1cccc(Cl)c1Cl)NS(C)(=O)=O. The summed E-state index contributed by atoms with van der Waals surface area (Å²) in [6.45, 7) is 4.61. The van der Waals surface area contributed by atoms with E-state index < -0.39 is 15.6 Å². The average Bonchev–Trinajstić information content (AvgIpc) is 2.20. The van der Waals surface area contributed by atoms with Crippen LogP contribution in [0.3, 0.4) is 0 Å². The zero-order valence-corrected chi connectivity index (χ0v) is 13.5. The van der Waals surface area contributed by atoms with Gasteiger partial charge in [-0.2, -0.15) is 0 Å². The second-order valence-electron chi connectivity index (χ2n) is 5.07. The molecule has 0 bridgehead atoms. The van der Waals surface area contributed by atoms with Crippen molar-refractivity contribution in [3.63, 3.8) is 0 Å². The van der Waals surface area contributed by atoms with E-state index >= 15 is 0 Å². The molecule has 2 N–H and O–H groups in total. The van der Waals surface area contributed by atoms with Crippen LogP contribution >= 0.6 is 23.2 Å². The minimum Gasteiger partial charge on any atom is -0.311 e. The van der Waals surface area contributed by atoms with Crippen LogP contribution < -0.4 is 10.0 Å². The molecule has 0 aliphatic carbocycles. The Kier molecular flexibility index (Phi) is 5.65. The predicted octanol–water partition coefficient (Wildman–Crippen LogP) is 2.41. The quantitative estimate of drug-likeness (QED) is 0.844. The van der Waals surface area contributed by atoms with Gasteiger partial charge < -0.3 is 5.32 Å². The summed E-state index contributed by atoms with van der Waals surface area (Å²) in [6.07, 6.45) is 1.14. The molecule has 4 nitrogen and oxygen atoms in total. The Bertz CT molecular complexity index is 545. The molecule has 7 heteroatoms. The molecule has 0 saturated carbocycles. The third-order valence-corrected chi connectivity index (χ3v) is 4.16. The number of sulfonamides is 1. The summed E-state index contributed by atoms with van der Waals surface area (Å²) >= 11 is 12.0. The van der Waals surface area contributed by atoms with Gasteiger partial charge in [-0.3, -0.25) is 0 Å². The zero-order valence-electron chi connectivity index (χ0n) is 11.1. The molecule has 0 saturated heterocycles. The molecule has 1 rings (SSSR count). The summed E-state index contributed by atoms with van der Waals surface area (Å²) in [4.78, 5) is 0. The Hall–Kier alpha value is -0.330. The molecule has 0 aliphatic heterocycles. The van der Waals surface area contributed by atoms with Crippen LogP contribution in [-0.2, 0) is 16.6 Å². The van der Waals surface area contributed by atoms with E-state index in [-0.39, 0.29) is 0 Å². The smallest absolute Gasteiger partial charge is 0.209 e. The van der Waals surface area contributed by atoms with Crippen molar-refractivity contribution >= 4 is 33.2 Å². The summed E-state index contributed by atoms with van der Waals surface area (Å²) in [5, 5.41) is 4.19. The molecule has 0 aromatic heterocycles. The van der Waals surface area contributed by atoms with E-state index in [0.717, 1.165) is 11.8 Å². The highest BCUT2D eigenvalue weighted by Gasteiger charge is 2.21. The lowest BCUT2D eigenvalue weighted by Crippen LogP contribution is -2.49. The van der Waals surface area contributed by atoms with Crippen LogP contribution in [0.1, 0.15) is 19.4 Å². The lowest BCUT2D eigenvalue weighted by atomic mass is 10.1. The number of hydrogen-bond acceptors (Lipinski definition) is 3. The summed E-state index contributed by atoms with van der Waals surface area (Å²) in [6, 6.07) is 5.42. The maximum absolute atomic E-state index is 11.2. The van der Waals surface area contributed by atoms with Gasteiger partial charge in [-0.25, -0.2) is 13.1 Å². The molecular formula is C12H18Cl2N2O2S. The van der Waals surface area contributed by atoms with Crippen molar-refractivity contribution in [1.29, 1.82) is 0 Å². The average molecular weight is 325 g/mol. The van der Waals surface area contributed by atoms with Crippen molar-refractivity contribution < 1.29 is 8.42 Å². The van der Waals surface area contributed by atoms with Crippen molar-refractivity contribution in [1.82, 2.24) is 10.0 Å². The molecule has 0 unspecified atom stereocenters. The predicted molar refractivity (Wildman–Crippen MR) is 80.2 cm³/mol. The van der Waals surface area contributed by atoms with Crippen molar-refractivity contribution in [2.45, 2.75) is 25.9 Å². The topological polar surface area (TPSA) is 58.2 Å². The van der Waals surface area contributed by atoms with Gasteiger partial charge in [0.2, 0.25) is 10.0 Å². The van der Waals surface area contributed by atoms with Crippen LogP contribution in [0.5, 0.6) is 0 Å². The summed E-state index contributed by atoms with van der Waals surface area (Å²) in [7, 11) is -3.23. The molecule has 1 aromatic rings. The van der Waals surface area contributed by atoms with Crippen molar-refractivity contribution in [2.24, 2.45) is 0 Å². The number of halogens is 2. The van der Waals surface area contributed by atoms with Crippen LogP contribution in [0.15, 0.2) is 18.2 Å². The van der Waals surface area contributed by atoms with Crippen molar-refractivity contribution in [3.05, 3.63) is 33.8 Å². The first-order chi connectivity index (χ1) is 8.61. The summed E-state index contributed by atoms with van der Waals surface area (Å²) < 4.78 is 25.0. The van der Waals surface area contributed by atoms with E-state index in [0.29, 0.717) is 23.1 Å². The van der Waals surface area contributed by atoms with E-state index in [1.54, 1.807) is 19.9 Å². The first-order valence-corrected chi connectivity index (χ1v) is 8.38. The van der Waals surface area contributed by atoms with E-state index in [9.17, 15) is 8.42 Å².